The number of ketones is 1. The van der Waals surface area contributed by atoms with Gasteiger partial charge in [-0.1, -0.05) is 18.2 Å². The van der Waals surface area contributed by atoms with Crippen molar-refractivity contribution in [1.82, 2.24) is 4.57 Å². The van der Waals surface area contributed by atoms with Gasteiger partial charge < -0.3 is 4.74 Å². The topological polar surface area (TPSA) is 91.4 Å². The normalized spacial score (nSPS) is 10.8. The Morgan fingerprint density at radius 2 is 1.72 bits per heavy atom. The molecule has 0 saturated carbocycles. The zero-order valence-electron chi connectivity index (χ0n) is 15.2. The van der Waals surface area contributed by atoms with E-state index in [-0.39, 0.29) is 16.1 Å². The highest BCUT2D eigenvalue weighted by atomic mass is 32.1. The molecule has 0 bridgehead atoms. The standard InChI is InChI=1S/C21H14N2O5S/c1-28-15-9-7-13(8-10-15)19(25)18-16-11-12-17(24)22(14-5-3-2-4-6-14)20(16)29-21(18)23(26)27/h2-12H,1H3. The van der Waals surface area contributed by atoms with Crippen molar-refractivity contribution in [3.8, 4) is 11.4 Å². The Bertz CT molecular complexity index is 1290. The Morgan fingerprint density at radius 1 is 1.03 bits per heavy atom. The van der Waals surface area contributed by atoms with Crippen molar-refractivity contribution in [2.45, 2.75) is 0 Å². The second kappa shape index (κ2) is 7.33. The summed E-state index contributed by atoms with van der Waals surface area (Å²) in [4.78, 5) is 37.2. The van der Waals surface area contributed by atoms with Gasteiger partial charge >= 0.3 is 5.00 Å². The van der Waals surface area contributed by atoms with Crippen LogP contribution < -0.4 is 10.3 Å². The molecule has 7 nitrogen and oxygen atoms in total. The van der Waals surface area contributed by atoms with E-state index < -0.39 is 10.7 Å². The molecule has 0 unspecified atom stereocenters. The highest BCUT2D eigenvalue weighted by Gasteiger charge is 2.29. The molecule has 8 heteroatoms. The fraction of sp³-hybridized carbons (Fsp3) is 0.0476. The van der Waals surface area contributed by atoms with Gasteiger partial charge in [-0.3, -0.25) is 24.3 Å². The zero-order chi connectivity index (χ0) is 20.5. The Balaban J connectivity index is 1.98. The van der Waals surface area contributed by atoms with Crippen molar-refractivity contribution < 1.29 is 14.5 Å². The van der Waals surface area contributed by atoms with Gasteiger partial charge in [-0.25, -0.2) is 0 Å². The summed E-state index contributed by atoms with van der Waals surface area (Å²) in [6, 6.07) is 18.0. The average Bonchev–Trinajstić information content (AvgIpc) is 3.13. The minimum Gasteiger partial charge on any atom is -0.497 e. The number of ether oxygens (including phenoxy) is 1. The lowest BCUT2D eigenvalue weighted by Gasteiger charge is -2.07. The molecule has 0 fully saturated rings. The Labute approximate surface area is 168 Å². The number of nitro groups is 1. The Morgan fingerprint density at radius 3 is 2.34 bits per heavy atom. The van der Waals surface area contributed by atoms with E-state index in [9.17, 15) is 19.7 Å². The first kappa shape index (κ1) is 18.6. The van der Waals surface area contributed by atoms with Gasteiger partial charge in [-0.2, -0.15) is 0 Å². The van der Waals surface area contributed by atoms with Crippen molar-refractivity contribution in [3.63, 3.8) is 0 Å². The molecule has 0 saturated heterocycles. The molecule has 2 aromatic carbocycles. The first-order valence-corrected chi connectivity index (χ1v) is 9.40. The molecule has 0 aliphatic heterocycles. The molecule has 144 valence electrons. The number of carbonyl (C=O) groups excluding carboxylic acids is 1. The molecule has 4 aromatic rings. The first-order valence-electron chi connectivity index (χ1n) is 8.58. The van der Waals surface area contributed by atoms with E-state index in [1.165, 1.54) is 23.8 Å². The van der Waals surface area contributed by atoms with Gasteiger partial charge in [-0.05, 0) is 53.8 Å². The number of pyridine rings is 1. The molecule has 2 aromatic heterocycles. The second-order valence-corrected chi connectivity index (χ2v) is 7.14. The maximum Gasteiger partial charge on any atom is 0.337 e. The highest BCUT2D eigenvalue weighted by molar-refractivity contribution is 7.22. The average molecular weight is 406 g/mol. The molecule has 0 spiro atoms. The predicted molar refractivity (Wildman–Crippen MR) is 111 cm³/mol. The van der Waals surface area contributed by atoms with Gasteiger partial charge in [0.05, 0.1) is 17.7 Å². The largest absolute Gasteiger partial charge is 0.497 e. The zero-order valence-corrected chi connectivity index (χ0v) is 16.0. The summed E-state index contributed by atoms with van der Waals surface area (Å²) in [5.74, 6) is 0.0907. The third-order valence-electron chi connectivity index (χ3n) is 4.48. The predicted octanol–water partition coefficient (Wildman–Crippen LogP) is 4.20. The van der Waals surface area contributed by atoms with Gasteiger partial charge in [0, 0.05) is 17.0 Å². The Hall–Kier alpha value is -3.78. The van der Waals surface area contributed by atoms with Crippen LogP contribution in [0, 0.1) is 10.1 Å². The van der Waals surface area contributed by atoms with Crippen molar-refractivity contribution in [3.05, 3.63) is 98.3 Å². The lowest BCUT2D eigenvalue weighted by atomic mass is 10.0. The molecule has 0 radical (unpaired) electrons. The third kappa shape index (κ3) is 3.19. The summed E-state index contributed by atoms with van der Waals surface area (Å²) in [5, 5.41) is 11.8. The summed E-state index contributed by atoms with van der Waals surface area (Å²) in [6.07, 6.45) is 0. The maximum absolute atomic E-state index is 13.2. The lowest BCUT2D eigenvalue weighted by molar-refractivity contribution is -0.380. The van der Waals surface area contributed by atoms with Crippen molar-refractivity contribution in [2.24, 2.45) is 0 Å². The van der Waals surface area contributed by atoms with E-state index in [0.29, 0.717) is 27.2 Å². The molecular formula is C21H14N2O5S. The van der Waals surface area contributed by atoms with Gasteiger partial charge in [0.15, 0.2) is 0 Å². The van der Waals surface area contributed by atoms with Gasteiger partial charge in [-0.15, -0.1) is 0 Å². The van der Waals surface area contributed by atoms with Crippen molar-refractivity contribution in [1.29, 1.82) is 0 Å². The summed E-state index contributed by atoms with van der Waals surface area (Å²) >= 11 is 0.817. The van der Waals surface area contributed by atoms with E-state index in [1.807, 2.05) is 6.07 Å². The van der Waals surface area contributed by atoms with E-state index in [1.54, 1.807) is 48.5 Å². The van der Waals surface area contributed by atoms with Gasteiger partial charge in [0.2, 0.25) is 5.78 Å². The second-order valence-electron chi connectivity index (χ2n) is 6.16. The van der Waals surface area contributed by atoms with Crippen molar-refractivity contribution >= 4 is 32.3 Å². The molecule has 0 atom stereocenters. The molecule has 4 rings (SSSR count). The SMILES string of the molecule is COc1ccc(C(=O)c2c([N+](=O)[O-])sc3c2ccc(=O)n3-c2ccccc2)cc1. The number of hydrogen-bond donors (Lipinski definition) is 0. The molecule has 0 aliphatic carbocycles. The van der Waals surface area contributed by atoms with Crippen LogP contribution in [0.3, 0.4) is 0 Å². The van der Waals surface area contributed by atoms with Crippen molar-refractivity contribution in [2.75, 3.05) is 7.11 Å². The van der Waals surface area contributed by atoms with Crippen LogP contribution in [0.1, 0.15) is 15.9 Å². The maximum atomic E-state index is 13.2. The summed E-state index contributed by atoms with van der Waals surface area (Å²) < 4.78 is 6.48. The van der Waals surface area contributed by atoms with Crippen LogP contribution in [-0.2, 0) is 0 Å². The van der Waals surface area contributed by atoms with Crippen LogP contribution >= 0.6 is 11.3 Å². The Kier molecular flexibility index (Phi) is 4.69. The summed E-state index contributed by atoms with van der Waals surface area (Å²) in [5.41, 5.74) is 0.516. The number of nitrogens with zero attached hydrogens (tertiary/aromatic N) is 2. The first-order chi connectivity index (χ1) is 14.0. The molecule has 0 amide bonds. The molecule has 0 N–H and O–H groups in total. The molecular weight excluding hydrogens is 392 g/mol. The number of fused-ring (bicyclic) bond motifs is 1. The lowest BCUT2D eigenvalue weighted by Crippen LogP contribution is -2.16. The number of aromatic nitrogens is 1. The van der Waals surface area contributed by atoms with Gasteiger partial charge in [0.25, 0.3) is 5.56 Å². The number of thiophene rings is 1. The molecule has 0 aliphatic rings. The van der Waals surface area contributed by atoms with Crippen LogP contribution in [0.4, 0.5) is 5.00 Å². The summed E-state index contributed by atoms with van der Waals surface area (Å²) in [7, 11) is 1.51. The number of rotatable bonds is 5. The fourth-order valence-corrected chi connectivity index (χ4v) is 4.26. The van der Waals surface area contributed by atoms with Crippen LogP contribution in [0.2, 0.25) is 0 Å². The quantitative estimate of drug-likeness (QED) is 0.281. The number of para-hydroxylation sites is 1. The molecule has 2 heterocycles. The number of carbonyl (C=O) groups is 1. The van der Waals surface area contributed by atoms with E-state index in [4.69, 9.17) is 4.74 Å². The highest BCUT2D eigenvalue weighted by Crippen LogP contribution is 2.38. The van der Waals surface area contributed by atoms with Crippen LogP contribution in [-0.4, -0.2) is 22.4 Å². The minimum atomic E-state index is -0.582. The molecule has 29 heavy (non-hydrogen) atoms. The fourth-order valence-electron chi connectivity index (χ4n) is 3.13. The number of benzene rings is 2. The smallest absolute Gasteiger partial charge is 0.337 e. The minimum absolute atomic E-state index is 0.0233. The van der Waals surface area contributed by atoms with Gasteiger partial charge in [0.1, 0.15) is 16.1 Å². The number of hydrogen-bond acceptors (Lipinski definition) is 6. The number of methoxy groups -OCH3 is 1. The van der Waals surface area contributed by atoms with Crippen LogP contribution in [0.15, 0.2) is 71.5 Å². The van der Waals surface area contributed by atoms with E-state index in [0.717, 1.165) is 11.3 Å². The van der Waals surface area contributed by atoms with E-state index >= 15 is 0 Å². The summed E-state index contributed by atoms with van der Waals surface area (Å²) in [6.45, 7) is 0. The van der Waals surface area contributed by atoms with Crippen LogP contribution in [0.25, 0.3) is 15.9 Å². The monoisotopic (exact) mass is 406 g/mol. The van der Waals surface area contributed by atoms with Crippen LogP contribution in [0.5, 0.6) is 5.75 Å². The third-order valence-corrected chi connectivity index (χ3v) is 5.62. The van der Waals surface area contributed by atoms with E-state index in [2.05, 4.69) is 0 Å².